The minimum Gasteiger partial charge on any atom is -0.467 e. The molecule has 1 saturated carbocycles. The van der Waals surface area contributed by atoms with Gasteiger partial charge in [-0.1, -0.05) is 0 Å². The van der Waals surface area contributed by atoms with Crippen molar-refractivity contribution in [2.24, 2.45) is 0 Å². The summed E-state index contributed by atoms with van der Waals surface area (Å²) in [5.74, 6) is 0.991. The molecule has 0 atom stereocenters. The molecular weight excluding hydrogens is 258 g/mol. The highest BCUT2D eigenvalue weighted by Gasteiger charge is 2.34. The van der Waals surface area contributed by atoms with Gasteiger partial charge in [0, 0.05) is 10.9 Å². The molecule has 19 heavy (non-hydrogen) atoms. The fourth-order valence-electron chi connectivity index (χ4n) is 2.14. The number of rotatable bonds is 4. The molecule has 2 aromatic heterocycles. The Morgan fingerprint density at radius 3 is 2.79 bits per heavy atom. The average molecular weight is 275 g/mol. The second-order valence-electron chi connectivity index (χ2n) is 5.09. The number of hydrogen-bond acceptors (Lipinski definition) is 3. The fraction of sp³-hybridized carbons (Fsp3) is 0.400. The average Bonchev–Trinajstić information content (AvgIpc) is 3.00. The molecule has 2 aromatic rings. The third-order valence-electron chi connectivity index (χ3n) is 3.53. The van der Waals surface area contributed by atoms with Gasteiger partial charge in [-0.3, -0.25) is 4.79 Å². The number of amides is 1. The topological polar surface area (TPSA) is 33.5 Å². The van der Waals surface area contributed by atoms with Gasteiger partial charge in [-0.25, -0.2) is 0 Å². The van der Waals surface area contributed by atoms with E-state index in [0.29, 0.717) is 12.6 Å². The van der Waals surface area contributed by atoms with Crippen molar-refractivity contribution in [3.8, 4) is 0 Å². The molecule has 2 heterocycles. The zero-order valence-corrected chi connectivity index (χ0v) is 12.0. The minimum atomic E-state index is 0.139. The van der Waals surface area contributed by atoms with E-state index < -0.39 is 0 Å². The summed E-state index contributed by atoms with van der Waals surface area (Å²) in [5, 5.41) is 0. The number of hydrogen-bond donors (Lipinski definition) is 0. The van der Waals surface area contributed by atoms with Crippen molar-refractivity contribution < 1.29 is 9.21 Å². The van der Waals surface area contributed by atoms with Gasteiger partial charge in [0.25, 0.3) is 5.91 Å². The molecule has 0 aliphatic heterocycles. The summed E-state index contributed by atoms with van der Waals surface area (Å²) in [6, 6.07) is 6.18. The molecule has 3 rings (SSSR count). The highest BCUT2D eigenvalue weighted by Crippen LogP contribution is 2.32. The normalized spacial score (nSPS) is 14.6. The Bertz CT molecular complexity index is 562. The molecule has 0 N–H and O–H groups in total. The van der Waals surface area contributed by atoms with Gasteiger partial charge in [0.2, 0.25) is 0 Å². The maximum absolute atomic E-state index is 12.6. The molecule has 0 bridgehead atoms. The second-order valence-corrected chi connectivity index (χ2v) is 6.35. The van der Waals surface area contributed by atoms with Crippen LogP contribution in [-0.2, 0) is 6.54 Å². The third-order valence-corrected chi connectivity index (χ3v) is 4.67. The zero-order valence-electron chi connectivity index (χ0n) is 11.2. The first-order chi connectivity index (χ1) is 9.15. The maximum Gasteiger partial charge on any atom is 0.264 e. The number of carbonyl (C=O) groups is 1. The summed E-state index contributed by atoms with van der Waals surface area (Å²) in [5.41, 5.74) is 1.20. The lowest BCUT2D eigenvalue weighted by molar-refractivity contribution is 0.0722. The van der Waals surface area contributed by atoms with E-state index in [1.54, 1.807) is 17.6 Å². The highest BCUT2D eigenvalue weighted by atomic mass is 32.1. The molecule has 3 nitrogen and oxygen atoms in total. The van der Waals surface area contributed by atoms with E-state index in [-0.39, 0.29) is 5.91 Å². The van der Waals surface area contributed by atoms with Crippen LogP contribution in [0.3, 0.4) is 0 Å². The van der Waals surface area contributed by atoms with Gasteiger partial charge >= 0.3 is 0 Å². The van der Waals surface area contributed by atoms with Crippen molar-refractivity contribution in [1.82, 2.24) is 4.90 Å². The molecule has 4 heteroatoms. The Hall–Kier alpha value is -1.55. The monoisotopic (exact) mass is 275 g/mol. The Morgan fingerprint density at radius 2 is 2.26 bits per heavy atom. The first-order valence-corrected chi connectivity index (χ1v) is 7.37. The second kappa shape index (κ2) is 4.85. The van der Waals surface area contributed by atoms with Crippen molar-refractivity contribution in [3.63, 3.8) is 0 Å². The van der Waals surface area contributed by atoms with Crippen molar-refractivity contribution in [3.05, 3.63) is 45.5 Å². The molecule has 1 amide bonds. The number of nitrogens with zero attached hydrogens (tertiary/aromatic N) is 1. The van der Waals surface area contributed by atoms with Gasteiger partial charge in [-0.2, -0.15) is 0 Å². The number of thiophene rings is 1. The summed E-state index contributed by atoms with van der Waals surface area (Å²) in [4.78, 5) is 16.6. The SMILES string of the molecule is Cc1cc(C(=O)N(Cc2ccco2)C2CC2)sc1C. The number of furan rings is 1. The molecular formula is C15H17NO2S. The minimum absolute atomic E-state index is 0.139. The smallest absolute Gasteiger partial charge is 0.264 e. The Balaban J connectivity index is 1.81. The van der Waals surface area contributed by atoms with Crippen LogP contribution in [0.5, 0.6) is 0 Å². The maximum atomic E-state index is 12.6. The van der Waals surface area contributed by atoms with Gasteiger partial charge in [0.1, 0.15) is 5.76 Å². The van der Waals surface area contributed by atoms with Gasteiger partial charge in [0.05, 0.1) is 17.7 Å². The predicted molar refractivity (Wildman–Crippen MR) is 75.4 cm³/mol. The van der Waals surface area contributed by atoms with Crippen molar-refractivity contribution >= 4 is 17.2 Å². The summed E-state index contributed by atoms with van der Waals surface area (Å²) in [7, 11) is 0. The molecule has 1 aliphatic carbocycles. The van der Waals surface area contributed by atoms with Gasteiger partial charge in [-0.05, 0) is 50.5 Å². The zero-order chi connectivity index (χ0) is 13.4. The molecule has 0 spiro atoms. The van der Waals surface area contributed by atoms with E-state index >= 15 is 0 Å². The van der Waals surface area contributed by atoms with Crippen LogP contribution < -0.4 is 0 Å². The van der Waals surface area contributed by atoms with Crippen LogP contribution in [0.1, 0.15) is 38.7 Å². The predicted octanol–water partition coefficient (Wildman–Crippen LogP) is 3.76. The van der Waals surface area contributed by atoms with E-state index in [0.717, 1.165) is 23.5 Å². The largest absolute Gasteiger partial charge is 0.467 e. The lowest BCUT2D eigenvalue weighted by atomic mass is 10.2. The van der Waals surface area contributed by atoms with Crippen molar-refractivity contribution in [2.75, 3.05) is 0 Å². The summed E-state index contributed by atoms with van der Waals surface area (Å²) < 4.78 is 5.37. The van der Waals surface area contributed by atoms with Crippen LogP contribution in [0.2, 0.25) is 0 Å². The molecule has 1 aliphatic rings. The van der Waals surface area contributed by atoms with Gasteiger partial charge in [-0.15, -0.1) is 11.3 Å². The van der Waals surface area contributed by atoms with Crippen LogP contribution in [0, 0.1) is 13.8 Å². The Morgan fingerprint density at radius 1 is 1.47 bits per heavy atom. The lowest BCUT2D eigenvalue weighted by Crippen LogP contribution is -2.31. The number of aryl methyl sites for hydroxylation is 2. The van der Waals surface area contributed by atoms with E-state index in [4.69, 9.17) is 4.42 Å². The van der Waals surface area contributed by atoms with Crippen LogP contribution in [0.15, 0.2) is 28.9 Å². The third kappa shape index (κ3) is 2.59. The summed E-state index contributed by atoms with van der Waals surface area (Å²) in [6.45, 7) is 4.69. The van der Waals surface area contributed by atoms with E-state index in [9.17, 15) is 4.79 Å². The first-order valence-electron chi connectivity index (χ1n) is 6.55. The van der Waals surface area contributed by atoms with Crippen molar-refractivity contribution in [1.29, 1.82) is 0 Å². The van der Waals surface area contributed by atoms with Crippen molar-refractivity contribution in [2.45, 2.75) is 39.3 Å². The van der Waals surface area contributed by atoms with Gasteiger partial charge < -0.3 is 9.32 Å². The van der Waals surface area contributed by atoms with Gasteiger partial charge in [0.15, 0.2) is 0 Å². The summed E-state index contributed by atoms with van der Waals surface area (Å²) >= 11 is 1.59. The molecule has 0 aromatic carbocycles. The Labute approximate surface area is 116 Å². The summed E-state index contributed by atoms with van der Waals surface area (Å²) in [6.07, 6.45) is 3.87. The quantitative estimate of drug-likeness (QED) is 0.851. The van der Waals surface area contributed by atoms with Crippen LogP contribution in [-0.4, -0.2) is 16.8 Å². The molecule has 1 fully saturated rings. The molecule has 0 radical (unpaired) electrons. The fourth-order valence-corrected chi connectivity index (χ4v) is 3.13. The van der Waals surface area contributed by atoms with E-state index in [1.807, 2.05) is 23.1 Å². The van der Waals surface area contributed by atoms with Crippen LogP contribution in [0.4, 0.5) is 0 Å². The van der Waals surface area contributed by atoms with E-state index in [1.165, 1.54) is 10.4 Å². The van der Waals surface area contributed by atoms with Crippen LogP contribution in [0.25, 0.3) is 0 Å². The first kappa shape index (κ1) is 12.5. The lowest BCUT2D eigenvalue weighted by Gasteiger charge is -2.20. The van der Waals surface area contributed by atoms with E-state index in [2.05, 4.69) is 13.8 Å². The molecule has 100 valence electrons. The molecule has 0 unspecified atom stereocenters. The number of carbonyl (C=O) groups excluding carboxylic acids is 1. The highest BCUT2D eigenvalue weighted by molar-refractivity contribution is 7.14. The Kier molecular flexibility index (Phi) is 3.19. The standard InChI is InChI=1S/C15H17NO2S/c1-10-8-14(19-11(10)2)15(17)16(12-5-6-12)9-13-4-3-7-18-13/h3-4,7-8,12H,5-6,9H2,1-2H3. The van der Waals surface area contributed by atoms with Crippen LogP contribution >= 0.6 is 11.3 Å². The molecule has 0 saturated heterocycles.